The van der Waals surface area contributed by atoms with E-state index in [4.69, 9.17) is 4.42 Å². The highest BCUT2D eigenvalue weighted by molar-refractivity contribution is 9.10. The number of halogens is 1. The minimum atomic E-state index is 0.0338. The molecule has 3 aromatic rings. The number of nitrogens with zero attached hydrogens (tertiary/aromatic N) is 1. The number of rotatable bonds is 4. The van der Waals surface area contributed by atoms with Crippen LogP contribution in [0.5, 0.6) is 0 Å². The Labute approximate surface area is 167 Å². The fourth-order valence-corrected chi connectivity index (χ4v) is 3.60. The largest absolute Gasteiger partial charge is 0.457 e. The first-order chi connectivity index (χ1) is 13.0. The first-order valence-corrected chi connectivity index (χ1v) is 9.81. The number of hydrogen-bond acceptors (Lipinski definition) is 2. The van der Waals surface area contributed by atoms with Gasteiger partial charge in [0.1, 0.15) is 11.5 Å². The van der Waals surface area contributed by atoms with Crippen LogP contribution in [-0.2, 0) is 4.79 Å². The van der Waals surface area contributed by atoms with Gasteiger partial charge < -0.3 is 9.32 Å². The second-order valence-electron chi connectivity index (χ2n) is 7.09. The second kappa shape index (κ2) is 7.20. The number of para-hydroxylation sites is 1. The van der Waals surface area contributed by atoms with Crippen molar-refractivity contribution in [3.63, 3.8) is 0 Å². The minimum Gasteiger partial charge on any atom is -0.457 e. The van der Waals surface area contributed by atoms with Gasteiger partial charge in [0.05, 0.1) is 11.3 Å². The van der Waals surface area contributed by atoms with E-state index in [0.717, 1.165) is 27.0 Å². The van der Waals surface area contributed by atoms with Gasteiger partial charge in [0.25, 0.3) is 5.91 Å². The minimum absolute atomic E-state index is 0.0338. The van der Waals surface area contributed by atoms with Crippen LogP contribution >= 0.6 is 15.9 Å². The number of benzene rings is 2. The fourth-order valence-electron chi connectivity index (χ4n) is 3.33. The molecule has 0 N–H and O–H groups in total. The third kappa shape index (κ3) is 3.50. The molecule has 1 aliphatic rings. The Morgan fingerprint density at radius 1 is 1.04 bits per heavy atom. The average Bonchev–Trinajstić information content (AvgIpc) is 3.22. The van der Waals surface area contributed by atoms with Gasteiger partial charge in [0.2, 0.25) is 0 Å². The van der Waals surface area contributed by atoms with Crippen molar-refractivity contribution < 1.29 is 9.21 Å². The molecule has 0 atom stereocenters. The van der Waals surface area contributed by atoms with Crippen molar-refractivity contribution in [2.45, 2.75) is 13.8 Å². The molecule has 0 saturated carbocycles. The van der Waals surface area contributed by atoms with Crippen LogP contribution in [-0.4, -0.2) is 12.5 Å². The van der Waals surface area contributed by atoms with E-state index in [-0.39, 0.29) is 5.91 Å². The molecular weight excluding hydrogens is 402 g/mol. The summed E-state index contributed by atoms with van der Waals surface area (Å²) >= 11 is 3.44. The number of carbonyl (C=O) groups is 1. The zero-order chi connectivity index (χ0) is 19.0. The van der Waals surface area contributed by atoms with E-state index in [0.29, 0.717) is 23.8 Å². The average molecular weight is 422 g/mol. The molecule has 0 fully saturated rings. The predicted octanol–water partition coefficient (Wildman–Crippen LogP) is 6.25. The van der Waals surface area contributed by atoms with Crippen molar-refractivity contribution in [2.24, 2.45) is 5.92 Å². The van der Waals surface area contributed by atoms with Crippen LogP contribution in [0, 0.1) is 5.92 Å². The summed E-state index contributed by atoms with van der Waals surface area (Å²) in [7, 11) is 0. The molecule has 0 bridgehead atoms. The van der Waals surface area contributed by atoms with Gasteiger partial charge in [-0.3, -0.25) is 4.79 Å². The van der Waals surface area contributed by atoms with Gasteiger partial charge in [0.15, 0.2) is 0 Å². The highest BCUT2D eigenvalue weighted by atomic mass is 79.9. The predicted molar refractivity (Wildman–Crippen MR) is 113 cm³/mol. The van der Waals surface area contributed by atoms with Crippen LogP contribution in [0.1, 0.15) is 25.2 Å². The van der Waals surface area contributed by atoms with E-state index >= 15 is 0 Å². The molecule has 4 heteroatoms. The molecule has 4 rings (SSSR count). The molecular formula is C23H20BrNO2. The molecule has 0 radical (unpaired) electrons. The Morgan fingerprint density at radius 2 is 1.78 bits per heavy atom. The molecule has 27 heavy (non-hydrogen) atoms. The summed E-state index contributed by atoms with van der Waals surface area (Å²) in [4.78, 5) is 14.9. The standard InChI is InChI=1S/C23H20BrNO2/c1-15(2)14-25-21-6-4-3-5-19(21)20(23(25)26)13-18-11-12-22(27-18)16-7-9-17(24)10-8-16/h3-13,15H,14H2,1-2H3/b20-13-. The molecule has 3 nitrogen and oxygen atoms in total. The van der Waals surface area contributed by atoms with Gasteiger partial charge in [-0.05, 0) is 42.3 Å². The molecule has 136 valence electrons. The van der Waals surface area contributed by atoms with Gasteiger partial charge in [-0.1, -0.05) is 60.1 Å². The highest BCUT2D eigenvalue weighted by Gasteiger charge is 2.32. The maximum absolute atomic E-state index is 13.0. The second-order valence-corrected chi connectivity index (χ2v) is 8.01. The van der Waals surface area contributed by atoms with Crippen LogP contribution in [0.4, 0.5) is 5.69 Å². The Bertz CT molecular complexity index is 1010. The zero-order valence-corrected chi connectivity index (χ0v) is 16.9. The number of anilines is 1. The van der Waals surface area contributed by atoms with Crippen LogP contribution < -0.4 is 4.90 Å². The summed E-state index contributed by atoms with van der Waals surface area (Å²) in [5, 5.41) is 0. The van der Waals surface area contributed by atoms with Crippen LogP contribution in [0.15, 0.2) is 69.6 Å². The zero-order valence-electron chi connectivity index (χ0n) is 15.3. The first-order valence-electron chi connectivity index (χ1n) is 9.01. The summed E-state index contributed by atoms with van der Waals surface area (Å²) in [6, 6.07) is 19.8. The lowest BCUT2D eigenvalue weighted by Crippen LogP contribution is -2.30. The van der Waals surface area contributed by atoms with E-state index in [2.05, 4.69) is 29.8 Å². The number of fused-ring (bicyclic) bond motifs is 1. The van der Waals surface area contributed by atoms with Crippen molar-refractivity contribution in [1.29, 1.82) is 0 Å². The van der Waals surface area contributed by atoms with Crippen molar-refractivity contribution in [3.05, 3.63) is 76.5 Å². The third-order valence-electron chi connectivity index (χ3n) is 4.55. The quantitative estimate of drug-likeness (QED) is 0.466. The molecule has 2 heterocycles. The van der Waals surface area contributed by atoms with Crippen molar-refractivity contribution >= 4 is 39.2 Å². The van der Waals surface area contributed by atoms with Crippen molar-refractivity contribution in [2.75, 3.05) is 11.4 Å². The van der Waals surface area contributed by atoms with Crippen molar-refractivity contribution in [3.8, 4) is 11.3 Å². The number of carbonyl (C=O) groups excluding carboxylic acids is 1. The van der Waals surface area contributed by atoms with E-state index < -0.39 is 0 Å². The maximum Gasteiger partial charge on any atom is 0.259 e. The van der Waals surface area contributed by atoms with Crippen LogP contribution in [0.2, 0.25) is 0 Å². The molecule has 0 saturated heterocycles. The van der Waals surface area contributed by atoms with E-state index in [9.17, 15) is 4.79 Å². The lowest BCUT2D eigenvalue weighted by molar-refractivity contribution is -0.113. The molecule has 1 aromatic heterocycles. The Morgan fingerprint density at radius 3 is 2.52 bits per heavy atom. The third-order valence-corrected chi connectivity index (χ3v) is 5.08. The monoisotopic (exact) mass is 421 g/mol. The summed E-state index contributed by atoms with van der Waals surface area (Å²) in [6.45, 7) is 4.94. The summed E-state index contributed by atoms with van der Waals surface area (Å²) in [5.41, 5.74) is 3.62. The first kappa shape index (κ1) is 17.8. The SMILES string of the molecule is CC(C)CN1C(=O)/C(=C\c2ccc(-c3ccc(Br)cc3)o2)c2ccccc21. The van der Waals surface area contributed by atoms with E-state index in [1.807, 2.05) is 71.6 Å². The normalized spacial score (nSPS) is 15.0. The topological polar surface area (TPSA) is 33.5 Å². The summed E-state index contributed by atoms with van der Waals surface area (Å²) in [6.07, 6.45) is 1.85. The lowest BCUT2D eigenvalue weighted by Gasteiger charge is -2.19. The lowest BCUT2D eigenvalue weighted by atomic mass is 10.1. The fraction of sp³-hybridized carbons (Fsp3) is 0.174. The Kier molecular flexibility index (Phi) is 4.75. The van der Waals surface area contributed by atoms with Crippen LogP contribution in [0.3, 0.4) is 0 Å². The van der Waals surface area contributed by atoms with Gasteiger partial charge >= 0.3 is 0 Å². The van der Waals surface area contributed by atoms with E-state index in [1.54, 1.807) is 0 Å². The molecule has 2 aromatic carbocycles. The van der Waals surface area contributed by atoms with Gasteiger partial charge in [-0.2, -0.15) is 0 Å². The van der Waals surface area contributed by atoms with Gasteiger partial charge in [-0.15, -0.1) is 0 Å². The Hall–Kier alpha value is -2.59. The molecule has 1 amide bonds. The molecule has 0 unspecified atom stereocenters. The molecule has 0 aliphatic carbocycles. The Balaban J connectivity index is 1.70. The summed E-state index contributed by atoms with van der Waals surface area (Å²) in [5.74, 6) is 1.89. The number of amides is 1. The van der Waals surface area contributed by atoms with Gasteiger partial charge in [-0.25, -0.2) is 0 Å². The van der Waals surface area contributed by atoms with Crippen molar-refractivity contribution in [1.82, 2.24) is 0 Å². The van der Waals surface area contributed by atoms with E-state index in [1.165, 1.54) is 0 Å². The number of hydrogen-bond donors (Lipinski definition) is 0. The van der Waals surface area contributed by atoms with Crippen LogP contribution in [0.25, 0.3) is 23.0 Å². The smallest absolute Gasteiger partial charge is 0.259 e. The molecule has 0 spiro atoms. The number of furan rings is 1. The summed E-state index contributed by atoms with van der Waals surface area (Å²) < 4.78 is 7.02. The molecule has 1 aliphatic heterocycles. The maximum atomic E-state index is 13.0. The van der Waals surface area contributed by atoms with Gasteiger partial charge in [0, 0.05) is 22.1 Å². The highest BCUT2D eigenvalue weighted by Crippen LogP contribution is 2.38.